The number of urea groups is 1. The second-order valence-corrected chi connectivity index (χ2v) is 6.98. The van der Waals surface area contributed by atoms with Gasteiger partial charge in [-0.2, -0.15) is 11.8 Å². The van der Waals surface area contributed by atoms with Crippen LogP contribution in [0.25, 0.3) is 0 Å². The van der Waals surface area contributed by atoms with Crippen LogP contribution in [-0.2, 0) is 4.79 Å². The average molecular weight is 316 g/mol. The Morgan fingerprint density at radius 3 is 2.57 bits per heavy atom. The molecule has 2 N–H and O–H groups in total. The SMILES string of the molecule is CSC1CCCCC1NC(=O)N(CCCC(=O)O)C(C)C. The Morgan fingerprint density at radius 1 is 1.33 bits per heavy atom. The van der Waals surface area contributed by atoms with Gasteiger partial charge in [0.15, 0.2) is 0 Å². The minimum Gasteiger partial charge on any atom is -0.481 e. The van der Waals surface area contributed by atoms with Crippen LogP contribution < -0.4 is 5.32 Å². The number of hydrogen-bond acceptors (Lipinski definition) is 3. The summed E-state index contributed by atoms with van der Waals surface area (Å²) >= 11 is 1.83. The molecule has 1 aliphatic rings. The molecule has 21 heavy (non-hydrogen) atoms. The Morgan fingerprint density at radius 2 is 2.00 bits per heavy atom. The van der Waals surface area contributed by atoms with Crippen molar-refractivity contribution in [3.8, 4) is 0 Å². The molecule has 0 aromatic heterocycles. The van der Waals surface area contributed by atoms with Gasteiger partial charge in [-0.3, -0.25) is 4.79 Å². The molecule has 5 nitrogen and oxygen atoms in total. The van der Waals surface area contributed by atoms with Crippen molar-refractivity contribution in [2.24, 2.45) is 0 Å². The second kappa shape index (κ2) is 9.18. The van der Waals surface area contributed by atoms with E-state index in [1.165, 1.54) is 12.8 Å². The summed E-state index contributed by atoms with van der Waals surface area (Å²) in [5.41, 5.74) is 0. The molecule has 1 saturated carbocycles. The molecule has 2 atom stereocenters. The van der Waals surface area contributed by atoms with E-state index in [9.17, 15) is 9.59 Å². The lowest BCUT2D eigenvalue weighted by Crippen LogP contribution is -2.51. The third-order valence-electron chi connectivity index (χ3n) is 3.99. The van der Waals surface area contributed by atoms with Gasteiger partial charge in [-0.15, -0.1) is 0 Å². The number of aliphatic carboxylic acids is 1. The zero-order valence-electron chi connectivity index (χ0n) is 13.3. The maximum atomic E-state index is 12.4. The molecule has 0 spiro atoms. The maximum absolute atomic E-state index is 12.4. The Labute approximate surface area is 131 Å². The fraction of sp³-hybridized carbons (Fsp3) is 0.867. The molecule has 0 aromatic carbocycles. The Kier molecular flexibility index (Phi) is 7.93. The van der Waals surface area contributed by atoms with E-state index in [2.05, 4.69) is 11.6 Å². The van der Waals surface area contributed by atoms with Crippen LogP contribution in [0.1, 0.15) is 52.4 Å². The predicted octanol–water partition coefficient (Wildman–Crippen LogP) is 2.95. The van der Waals surface area contributed by atoms with E-state index in [0.29, 0.717) is 18.2 Å². The highest BCUT2D eigenvalue weighted by atomic mass is 32.2. The van der Waals surface area contributed by atoms with E-state index >= 15 is 0 Å². The highest BCUT2D eigenvalue weighted by Crippen LogP contribution is 2.27. The first-order valence-electron chi connectivity index (χ1n) is 7.77. The quantitative estimate of drug-likeness (QED) is 0.757. The van der Waals surface area contributed by atoms with E-state index in [1.54, 1.807) is 4.90 Å². The van der Waals surface area contributed by atoms with Crippen molar-refractivity contribution in [1.29, 1.82) is 0 Å². The number of nitrogens with zero attached hydrogens (tertiary/aromatic N) is 1. The summed E-state index contributed by atoms with van der Waals surface area (Å²) in [7, 11) is 0. The first-order valence-corrected chi connectivity index (χ1v) is 9.06. The minimum atomic E-state index is -0.811. The van der Waals surface area contributed by atoms with Gasteiger partial charge in [-0.25, -0.2) is 4.79 Å². The standard InChI is InChI=1S/C15H28N2O3S/c1-11(2)17(10-6-9-14(18)19)15(20)16-12-7-4-5-8-13(12)21-3/h11-13H,4-10H2,1-3H3,(H,16,20)(H,18,19). The number of rotatable bonds is 7. The van der Waals surface area contributed by atoms with Gasteiger partial charge < -0.3 is 15.3 Å². The smallest absolute Gasteiger partial charge is 0.317 e. The van der Waals surface area contributed by atoms with Crippen LogP contribution in [0.15, 0.2) is 0 Å². The number of carbonyl (C=O) groups excluding carboxylic acids is 1. The molecule has 122 valence electrons. The molecule has 0 aliphatic heterocycles. The number of carbonyl (C=O) groups is 2. The van der Waals surface area contributed by atoms with E-state index in [-0.39, 0.29) is 24.5 Å². The average Bonchev–Trinajstić information content (AvgIpc) is 2.43. The lowest BCUT2D eigenvalue weighted by atomic mass is 9.95. The Bertz CT molecular complexity index is 350. The first-order chi connectivity index (χ1) is 9.95. The number of amides is 2. The first kappa shape index (κ1) is 18.1. The molecule has 0 saturated heterocycles. The molecule has 0 bridgehead atoms. The van der Waals surface area contributed by atoms with Crippen LogP contribution in [0, 0.1) is 0 Å². The molecule has 2 unspecified atom stereocenters. The van der Waals surface area contributed by atoms with Gasteiger partial charge in [-0.1, -0.05) is 12.8 Å². The van der Waals surface area contributed by atoms with Crippen LogP contribution in [0.3, 0.4) is 0 Å². The van der Waals surface area contributed by atoms with Crippen molar-refractivity contribution >= 4 is 23.8 Å². The normalized spacial score (nSPS) is 22.1. The van der Waals surface area contributed by atoms with Crippen molar-refractivity contribution in [3.63, 3.8) is 0 Å². The Hall–Kier alpha value is -0.910. The molecule has 0 aromatic rings. The van der Waals surface area contributed by atoms with E-state index in [1.807, 2.05) is 25.6 Å². The fourth-order valence-corrected chi connectivity index (χ4v) is 3.72. The largest absolute Gasteiger partial charge is 0.481 e. The third kappa shape index (κ3) is 6.16. The van der Waals surface area contributed by atoms with Gasteiger partial charge in [0, 0.05) is 30.3 Å². The Balaban J connectivity index is 2.53. The summed E-state index contributed by atoms with van der Waals surface area (Å²) in [6, 6.07) is 0.262. The molecule has 1 fully saturated rings. The van der Waals surface area contributed by atoms with Crippen LogP contribution in [0.5, 0.6) is 0 Å². The van der Waals surface area contributed by atoms with Gasteiger partial charge in [0.1, 0.15) is 0 Å². The van der Waals surface area contributed by atoms with E-state index in [0.717, 1.165) is 12.8 Å². The number of carboxylic acid groups (broad SMARTS) is 1. The summed E-state index contributed by atoms with van der Waals surface area (Å²) in [5, 5.41) is 12.4. The predicted molar refractivity (Wildman–Crippen MR) is 86.8 cm³/mol. The van der Waals surface area contributed by atoms with Crippen LogP contribution in [-0.4, -0.2) is 52.1 Å². The van der Waals surface area contributed by atoms with Crippen LogP contribution >= 0.6 is 11.8 Å². The maximum Gasteiger partial charge on any atom is 0.317 e. The number of nitrogens with one attached hydrogen (secondary N) is 1. The van der Waals surface area contributed by atoms with Crippen molar-refractivity contribution < 1.29 is 14.7 Å². The molecule has 1 aliphatic carbocycles. The molecule has 1 rings (SSSR count). The van der Waals surface area contributed by atoms with E-state index < -0.39 is 5.97 Å². The zero-order chi connectivity index (χ0) is 15.8. The van der Waals surface area contributed by atoms with E-state index in [4.69, 9.17) is 5.11 Å². The molecular weight excluding hydrogens is 288 g/mol. The minimum absolute atomic E-state index is 0.0543. The van der Waals surface area contributed by atoms with Gasteiger partial charge in [-0.05, 0) is 39.4 Å². The zero-order valence-corrected chi connectivity index (χ0v) is 14.1. The number of hydrogen-bond donors (Lipinski definition) is 2. The fourth-order valence-electron chi connectivity index (χ4n) is 2.78. The lowest BCUT2D eigenvalue weighted by molar-refractivity contribution is -0.137. The van der Waals surface area contributed by atoms with Crippen molar-refractivity contribution in [3.05, 3.63) is 0 Å². The number of thioether (sulfide) groups is 1. The summed E-state index contributed by atoms with van der Waals surface area (Å²) in [4.78, 5) is 24.8. The van der Waals surface area contributed by atoms with Crippen molar-refractivity contribution in [1.82, 2.24) is 10.2 Å². The summed E-state index contributed by atoms with van der Waals surface area (Å²) < 4.78 is 0. The highest BCUT2D eigenvalue weighted by Gasteiger charge is 2.28. The molecule has 0 radical (unpaired) electrons. The van der Waals surface area contributed by atoms with Gasteiger partial charge in [0.05, 0.1) is 0 Å². The number of carboxylic acids is 1. The van der Waals surface area contributed by atoms with Gasteiger partial charge >= 0.3 is 12.0 Å². The summed E-state index contributed by atoms with van der Waals surface area (Å²) in [5.74, 6) is -0.811. The highest BCUT2D eigenvalue weighted by molar-refractivity contribution is 7.99. The van der Waals surface area contributed by atoms with Crippen LogP contribution in [0.4, 0.5) is 4.79 Å². The van der Waals surface area contributed by atoms with Gasteiger partial charge in [0.2, 0.25) is 0 Å². The molecule has 0 heterocycles. The van der Waals surface area contributed by atoms with Gasteiger partial charge in [0.25, 0.3) is 0 Å². The summed E-state index contributed by atoms with van der Waals surface area (Å²) in [6.45, 7) is 4.42. The monoisotopic (exact) mass is 316 g/mol. The topological polar surface area (TPSA) is 69.6 Å². The second-order valence-electron chi connectivity index (χ2n) is 5.90. The summed E-state index contributed by atoms with van der Waals surface area (Å²) in [6.07, 6.45) is 7.31. The molecule has 2 amide bonds. The lowest BCUT2D eigenvalue weighted by Gasteiger charge is -2.34. The van der Waals surface area contributed by atoms with Crippen molar-refractivity contribution in [2.45, 2.75) is 69.7 Å². The molecule has 6 heteroatoms. The van der Waals surface area contributed by atoms with Crippen molar-refractivity contribution in [2.75, 3.05) is 12.8 Å². The molecular formula is C15H28N2O3S. The van der Waals surface area contributed by atoms with Crippen LogP contribution in [0.2, 0.25) is 0 Å². The third-order valence-corrected chi connectivity index (χ3v) is 5.16.